The van der Waals surface area contributed by atoms with E-state index < -0.39 is 33.8 Å². The van der Waals surface area contributed by atoms with Crippen molar-refractivity contribution in [2.75, 3.05) is 12.4 Å². The van der Waals surface area contributed by atoms with Gasteiger partial charge in [0.1, 0.15) is 5.54 Å². The SMILES string of the molecule is COc1cc(NC2(C(F)(F)F)CC2)c(F)cc1[N+](=O)[O-]. The molecule has 1 aromatic carbocycles. The van der Waals surface area contributed by atoms with E-state index in [1.165, 1.54) is 0 Å². The maximum atomic E-state index is 13.7. The quantitative estimate of drug-likeness (QED) is 0.526. The van der Waals surface area contributed by atoms with Crippen molar-refractivity contribution in [3.05, 3.63) is 28.1 Å². The number of hydrogen-bond donors (Lipinski definition) is 1. The second-order valence-corrected chi connectivity index (χ2v) is 4.47. The van der Waals surface area contributed by atoms with Gasteiger partial charge >= 0.3 is 11.9 Å². The van der Waals surface area contributed by atoms with Crippen LogP contribution in [0.2, 0.25) is 0 Å². The normalized spacial score (nSPS) is 16.6. The van der Waals surface area contributed by atoms with Crippen molar-refractivity contribution < 1.29 is 27.2 Å². The Hall–Kier alpha value is -2.06. The maximum Gasteiger partial charge on any atom is 0.411 e. The number of nitrogens with zero attached hydrogens (tertiary/aromatic N) is 1. The monoisotopic (exact) mass is 294 g/mol. The van der Waals surface area contributed by atoms with Gasteiger partial charge in [0.05, 0.1) is 23.8 Å². The van der Waals surface area contributed by atoms with E-state index in [0.717, 1.165) is 13.2 Å². The van der Waals surface area contributed by atoms with Crippen LogP contribution in [-0.2, 0) is 0 Å². The van der Waals surface area contributed by atoms with E-state index in [2.05, 4.69) is 5.32 Å². The molecule has 9 heteroatoms. The van der Waals surface area contributed by atoms with Crippen LogP contribution in [0.25, 0.3) is 0 Å². The first-order valence-corrected chi connectivity index (χ1v) is 5.57. The van der Waals surface area contributed by atoms with Gasteiger partial charge in [0, 0.05) is 6.07 Å². The summed E-state index contributed by atoms with van der Waals surface area (Å²) >= 11 is 0. The molecule has 1 N–H and O–H groups in total. The number of nitro groups is 1. The molecular formula is C11H10F4N2O3. The van der Waals surface area contributed by atoms with Crippen molar-refractivity contribution in [1.82, 2.24) is 0 Å². The number of ether oxygens (including phenoxy) is 1. The number of nitro benzene ring substituents is 1. The second-order valence-electron chi connectivity index (χ2n) is 4.47. The van der Waals surface area contributed by atoms with Crippen LogP contribution in [0.4, 0.5) is 28.9 Å². The highest BCUT2D eigenvalue weighted by Crippen LogP contribution is 2.51. The lowest BCUT2D eigenvalue weighted by Gasteiger charge is -2.22. The average molecular weight is 294 g/mol. The molecule has 0 saturated heterocycles. The summed E-state index contributed by atoms with van der Waals surface area (Å²) in [6.07, 6.45) is -4.86. The molecule has 0 spiro atoms. The molecule has 0 amide bonds. The predicted molar refractivity (Wildman–Crippen MR) is 61.2 cm³/mol. The zero-order valence-electron chi connectivity index (χ0n) is 10.3. The summed E-state index contributed by atoms with van der Waals surface area (Å²) in [5.41, 5.74) is -3.27. The predicted octanol–water partition coefficient (Wildman–Crippen LogP) is 3.25. The molecule has 110 valence electrons. The van der Waals surface area contributed by atoms with Crippen LogP contribution in [0, 0.1) is 15.9 Å². The Morgan fingerprint density at radius 2 is 2.00 bits per heavy atom. The van der Waals surface area contributed by atoms with Crippen molar-refractivity contribution in [2.45, 2.75) is 24.6 Å². The number of anilines is 1. The second kappa shape index (κ2) is 4.50. The standard InChI is InChI=1S/C11H10F4N2O3/c1-20-9-5-7(6(12)4-8(9)17(18)19)16-10(2-3-10)11(13,14)15/h4-5,16H,2-3H2,1H3. The van der Waals surface area contributed by atoms with Crippen molar-refractivity contribution in [1.29, 1.82) is 0 Å². The van der Waals surface area contributed by atoms with Gasteiger partial charge in [0.2, 0.25) is 0 Å². The van der Waals surface area contributed by atoms with Gasteiger partial charge in [-0.15, -0.1) is 0 Å². The molecule has 0 radical (unpaired) electrons. The van der Waals surface area contributed by atoms with E-state index in [4.69, 9.17) is 4.74 Å². The van der Waals surface area contributed by atoms with Crippen LogP contribution < -0.4 is 10.1 Å². The number of alkyl halides is 3. The Bertz CT molecular complexity index is 555. The molecule has 0 aliphatic heterocycles. The van der Waals surface area contributed by atoms with Gasteiger partial charge in [-0.05, 0) is 12.8 Å². The fourth-order valence-corrected chi connectivity index (χ4v) is 1.81. The van der Waals surface area contributed by atoms with E-state index in [1.54, 1.807) is 0 Å². The smallest absolute Gasteiger partial charge is 0.411 e. The molecular weight excluding hydrogens is 284 g/mol. The minimum atomic E-state index is -4.52. The van der Waals surface area contributed by atoms with Crippen LogP contribution in [0.15, 0.2) is 12.1 Å². The molecule has 0 bridgehead atoms. The topological polar surface area (TPSA) is 64.4 Å². The summed E-state index contributed by atoms with van der Waals surface area (Å²) in [7, 11) is 1.11. The molecule has 0 unspecified atom stereocenters. The summed E-state index contributed by atoms with van der Waals surface area (Å²) < 4.78 is 56.7. The molecule has 0 heterocycles. The Balaban J connectivity index is 2.37. The van der Waals surface area contributed by atoms with Crippen molar-refractivity contribution in [2.24, 2.45) is 0 Å². The molecule has 2 rings (SSSR count). The molecule has 20 heavy (non-hydrogen) atoms. The zero-order chi connectivity index (χ0) is 15.1. The average Bonchev–Trinajstić information content (AvgIpc) is 3.11. The van der Waals surface area contributed by atoms with E-state index in [1.807, 2.05) is 0 Å². The molecule has 1 saturated carbocycles. The van der Waals surface area contributed by atoms with E-state index in [9.17, 15) is 27.7 Å². The van der Waals surface area contributed by atoms with Gasteiger partial charge in [0.15, 0.2) is 11.6 Å². The molecule has 1 fully saturated rings. The number of rotatable bonds is 4. The lowest BCUT2D eigenvalue weighted by Crippen LogP contribution is -2.38. The summed E-state index contributed by atoms with van der Waals surface area (Å²) in [5, 5.41) is 12.7. The third-order valence-electron chi connectivity index (χ3n) is 3.13. The van der Waals surface area contributed by atoms with Gasteiger partial charge in [-0.25, -0.2) is 4.39 Å². The number of methoxy groups -OCH3 is 1. The van der Waals surface area contributed by atoms with E-state index in [-0.39, 0.29) is 18.6 Å². The number of nitrogens with one attached hydrogen (secondary N) is 1. The van der Waals surface area contributed by atoms with Crippen LogP contribution in [0.5, 0.6) is 5.75 Å². The highest BCUT2D eigenvalue weighted by atomic mass is 19.4. The van der Waals surface area contributed by atoms with Gasteiger partial charge < -0.3 is 10.1 Å². The van der Waals surface area contributed by atoms with Crippen molar-refractivity contribution in [3.8, 4) is 5.75 Å². The van der Waals surface area contributed by atoms with Gasteiger partial charge in [-0.2, -0.15) is 13.2 Å². The van der Waals surface area contributed by atoms with Gasteiger partial charge in [0.25, 0.3) is 0 Å². The Labute approximate surface area is 110 Å². The third-order valence-corrected chi connectivity index (χ3v) is 3.13. The number of halogens is 4. The fraction of sp³-hybridized carbons (Fsp3) is 0.455. The molecule has 5 nitrogen and oxygen atoms in total. The first-order valence-electron chi connectivity index (χ1n) is 5.57. The van der Waals surface area contributed by atoms with Crippen LogP contribution in [-0.4, -0.2) is 23.7 Å². The van der Waals surface area contributed by atoms with E-state index in [0.29, 0.717) is 6.07 Å². The first kappa shape index (κ1) is 14.4. The van der Waals surface area contributed by atoms with Crippen LogP contribution >= 0.6 is 0 Å². The lowest BCUT2D eigenvalue weighted by atomic mass is 10.2. The number of benzene rings is 1. The lowest BCUT2D eigenvalue weighted by molar-refractivity contribution is -0.385. The third kappa shape index (κ3) is 2.35. The highest BCUT2D eigenvalue weighted by molar-refractivity contribution is 5.60. The Morgan fingerprint density at radius 1 is 1.40 bits per heavy atom. The van der Waals surface area contributed by atoms with Gasteiger partial charge in [-0.1, -0.05) is 0 Å². The van der Waals surface area contributed by atoms with Crippen molar-refractivity contribution >= 4 is 11.4 Å². The fourth-order valence-electron chi connectivity index (χ4n) is 1.81. The highest BCUT2D eigenvalue weighted by Gasteiger charge is 2.63. The Kier molecular flexibility index (Phi) is 3.23. The Morgan fingerprint density at radius 3 is 2.40 bits per heavy atom. The summed E-state index contributed by atoms with van der Waals surface area (Å²) in [5.74, 6) is -1.44. The van der Waals surface area contributed by atoms with Crippen LogP contribution in [0.3, 0.4) is 0 Å². The minimum Gasteiger partial charge on any atom is -0.490 e. The number of hydrogen-bond acceptors (Lipinski definition) is 4. The van der Waals surface area contributed by atoms with Crippen LogP contribution in [0.1, 0.15) is 12.8 Å². The molecule has 0 atom stereocenters. The van der Waals surface area contributed by atoms with Crippen molar-refractivity contribution in [3.63, 3.8) is 0 Å². The molecule has 1 aliphatic rings. The molecule has 1 aromatic rings. The van der Waals surface area contributed by atoms with Gasteiger partial charge in [-0.3, -0.25) is 10.1 Å². The molecule has 0 aromatic heterocycles. The largest absolute Gasteiger partial charge is 0.490 e. The first-order chi connectivity index (χ1) is 9.20. The summed E-state index contributed by atoms with van der Waals surface area (Å²) in [6, 6.07) is 1.40. The van der Waals surface area contributed by atoms with E-state index >= 15 is 0 Å². The minimum absolute atomic E-state index is 0.171. The zero-order valence-corrected chi connectivity index (χ0v) is 10.3. The summed E-state index contributed by atoms with van der Waals surface area (Å²) in [4.78, 5) is 9.79. The molecule has 1 aliphatic carbocycles. The summed E-state index contributed by atoms with van der Waals surface area (Å²) in [6.45, 7) is 0. The maximum absolute atomic E-state index is 13.7.